The third kappa shape index (κ3) is 2.92. The number of alkyl halides is 3. The summed E-state index contributed by atoms with van der Waals surface area (Å²) in [7, 11) is 1.78. The van der Waals surface area contributed by atoms with E-state index in [1.165, 1.54) is 0 Å². The second kappa shape index (κ2) is 5.15. The third-order valence-corrected chi connectivity index (χ3v) is 3.10. The highest BCUT2D eigenvalue weighted by Gasteiger charge is 2.31. The Labute approximate surface area is 113 Å². The van der Waals surface area contributed by atoms with E-state index < -0.39 is 17.6 Å². The molecule has 1 aromatic carbocycles. The predicted octanol–water partition coefficient (Wildman–Crippen LogP) is 3.50. The first-order valence-corrected chi connectivity index (χ1v) is 5.87. The molecule has 0 aliphatic heterocycles. The molecular weight excluding hydrogens is 274 g/mol. The molecule has 0 saturated carbocycles. The smallest absolute Gasteiger partial charge is 0.378 e. The van der Waals surface area contributed by atoms with Gasteiger partial charge in [-0.1, -0.05) is 0 Å². The summed E-state index contributed by atoms with van der Waals surface area (Å²) in [4.78, 5) is 0. The largest absolute Gasteiger partial charge is 0.416 e. The standard InChI is InChI=1S/C13H13F4N3/c1-8-9(7-19-20(8)2)6-18-12-4-3-10(5-11(12)14)13(15,16)17/h3-5,7,18H,6H2,1-2H3. The lowest BCUT2D eigenvalue weighted by Crippen LogP contribution is -2.07. The first kappa shape index (κ1) is 14.4. The number of nitrogens with one attached hydrogen (secondary N) is 1. The van der Waals surface area contributed by atoms with Crippen molar-refractivity contribution in [3.63, 3.8) is 0 Å². The summed E-state index contributed by atoms with van der Waals surface area (Å²) in [5.41, 5.74) is 0.788. The number of halogens is 4. The van der Waals surface area contributed by atoms with Crippen molar-refractivity contribution in [2.24, 2.45) is 7.05 Å². The average Bonchev–Trinajstić information content (AvgIpc) is 2.67. The fourth-order valence-corrected chi connectivity index (χ4v) is 1.74. The minimum Gasteiger partial charge on any atom is -0.378 e. The van der Waals surface area contributed by atoms with Gasteiger partial charge in [0.2, 0.25) is 0 Å². The number of anilines is 1. The monoisotopic (exact) mass is 287 g/mol. The zero-order chi connectivity index (χ0) is 14.9. The number of hydrogen-bond acceptors (Lipinski definition) is 2. The molecule has 0 amide bonds. The van der Waals surface area contributed by atoms with Crippen LogP contribution in [0.25, 0.3) is 0 Å². The van der Waals surface area contributed by atoms with Crippen LogP contribution in [0.5, 0.6) is 0 Å². The molecule has 108 valence electrons. The summed E-state index contributed by atoms with van der Waals surface area (Å²) >= 11 is 0. The number of aryl methyl sites for hydroxylation is 1. The first-order valence-electron chi connectivity index (χ1n) is 5.87. The van der Waals surface area contributed by atoms with Gasteiger partial charge in [-0.2, -0.15) is 18.3 Å². The molecule has 2 rings (SSSR count). The molecule has 7 heteroatoms. The summed E-state index contributed by atoms with van der Waals surface area (Å²) in [5.74, 6) is -0.929. The topological polar surface area (TPSA) is 29.9 Å². The zero-order valence-corrected chi connectivity index (χ0v) is 10.9. The second-order valence-electron chi connectivity index (χ2n) is 4.42. The van der Waals surface area contributed by atoms with Crippen molar-refractivity contribution in [3.05, 3.63) is 47.0 Å². The zero-order valence-electron chi connectivity index (χ0n) is 10.9. The van der Waals surface area contributed by atoms with Gasteiger partial charge in [0.1, 0.15) is 5.82 Å². The summed E-state index contributed by atoms with van der Waals surface area (Å²) in [5, 5.41) is 6.80. The highest BCUT2D eigenvalue weighted by atomic mass is 19.4. The van der Waals surface area contributed by atoms with Crippen LogP contribution in [0.15, 0.2) is 24.4 Å². The maximum absolute atomic E-state index is 13.6. The van der Waals surface area contributed by atoms with Gasteiger partial charge in [0, 0.05) is 24.8 Å². The lowest BCUT2D eigenvalue weighted by atomic mass is 10.2. The summed E-state index contributed by atoms with van der Waals surface area (Å²) < 4.78 is 52.5. The van der Waals surface area contributed by atoms with Gasteiger partial charge >= 0.3 is 6.18 Å². The van der Waals surface area contributed by atoms with Crippen molar-refractivity contribution in [1.29, 1.82) is 0 Å². The highest BCUT2D eigenvalue weighted by molar-refractivity contribution is 5.47. The summed E-state index contributed by atoms with van der Waals surface area (Å²) in [6.45, 7) is 2.15. The van der Waals surface area contributed by atoms with Crippen molar-refractivity contribution in [2.75, 3.05) is 5.32 Å². The molecule has 1 aromatic heterocycles. The molecule has 0 bridgehead atoms. The second-order valence-corrected chi connectivity index (χ2v) is 4.42. The van der Waals surface area contributed by atoms with Crippen LogP contribution in [0.4, 0.5) is 23.2 Å². The number of aromatic nitrogens is 2. The molecule has 0 radical (unpaired) electrons. The van der Waals surface area contributed by atoms with Crippen LogP contribution in [0.2, 0.25) is 0 Å². The molecule has 0 fully saturated rings. The lowest BCUT2D eigenvalue weighted by molar-refractivity contribution is -0.137. The van der Waals surface area contributed by atoms with Crippen LogP contribution < -0.4 is 5.32 Å². The van der Waals surface area contributed by atoms with E-state index in [2.05, 4.69) is 10.4 Å². The SMILES string of the molecule is Cc1c(CNc2ccc(C(F)(F)F)cc2F)cnn1C. The Morgan fingerprint density at radius 2 is 2.00 bits per heavy atom. The van der Waals surface area contributed by atoms with E-state index in [9.17, 15) is 17.6 Å². The van der Waals surface area contributed by atoms with E-state index in [1.807, 2.05) is 6.92 Å². The first-order chi connectivity index (χ1) is 9.29. The van der Waals surface area contributed by atoms with Gasteiger partial charge in [0.05, 0.1) is 17.4 Å². The van der Waals surface area contributed by atoms with Gasteiger partial charge in [-0.05, 0) is 25.1 Å². The van der Waals surface area contributed by atoms with Gasteiger partial charge in [-0.25, -0.2) is 4.39 Å². The van der Waals surface area contributed by atoms with Crippen molar-refractivity contribution in [1.82, 2.24) is 9.78 Å². The number of nitrogens with zero attached hydrogens (tertiary/aromatic N) is 2. The van der Waals surface area contributed by atoms with Crippen LogP contribution >= 0.6 is 0 Å². The molecule has 0 aliphatic rings. The molecule has 20 heavy (non-hydrogen) atoms. The fraction of sp³-hybridized carbons (Fsp3) is 0.308. The number of benzene rings is 1. The van der Waals surface area contributed by atoms with Gasteiger partial charge in [0.25, 0.3) is 0 Å². The van der Waals surface area contributed by atoms with Crippen LogP contribution in [0.1, 0.15) is 16.8 Å². The maximum atomic E-state index is 13.6. The maximum Gasteiger partial charge on any atom is 0.416 e. The minimum atomic E-state index is -4.54. The van der Waals surface area contributed by atoms with Crippen molar-refractivity contribution >= 4 is 5.69 Å². The minimum absolute atomic E-state index is 0.0289. The molecule has 0 spiro atoms. The average molecular weight is 287 g/mol. The van der Waals surface area contributed by atoms with E-state index in [-0.39, 0.29) is 5.69 Å². The van der Waals surface area contributed by atoms with E-state index in [0.717, 1.165) is 23.4 Å². The molecule has 0 aliphatic carbocycles. The van der Waals surface area contributed by atoms with E-state index in [0.29, 0.717) is 12.6 Å². The molecule has 1 heterocycles. The van der Waals surface area contributed by atoms with Crippen LogP contribution in [0.3, 0.4) is 0 Å². The number of rotatable bonds is 3. The van der Waals surface area contributed by atoms with Gasteiger partial charge in [-0.3, -0.25) is 4.68 Å². The van der Waals surface area contributed by atoms with Crippen LogP contribution in [-0.2, 0) is 19.8 Å². The molecule has 0 saturated heterocycles. The normalized spacial score (nSPS) is 11.7. The lowest BCUT2D eigenvalue weighted by Gasteiger charge is -2.11. The molecular formula is C13H13F4N3. The molecule has 3 nitrogen and oxygen atoms in total. The van der Waals surface area contributed by atoms with Crippen LogP contribution in [-0.4, -0.2) is 9.78 Å². The Morgan fingerprint density at radius 1 is 1.30 bits per heavy atom. The highest BCUT2D eigenvalue weighted by Crippen LogP contribution is 2.31. The van der Waals surface area contributed by atoms with Gasteiger partial charge < -0.3 is 5.32 Å². The van der Waals surface area contributed by atoms with E-state index >= 15 is 0 Å². The summed E-state index contributed by atoms with van der Waals surface area (Å²) in [6, 6.07) is 2.42. The van der Waals surface area contributed by atoms with Crippen molar-refractivity contribution in [2.45, 2.75) is 19.6 Å². The Morgan fingerprint density at radius 3 is 2.50 bits per heavy atom. The molecule has 2 aromatic rings. The Bertz CT molecular complexity index is 617. The third-order valence-electron chi connectivity index (χ3n) is 3.10. The molecule has 0 atom stereocenters. The van der Waals surface area contributed by atoms with E-state index in [4.69, 9.17) is 0 Å². The fourth-order valence-electron chi connectivity index (χ4n) is 1.74. The van der Waals surface area contributed by atoms with Crippen molar-refractivity contribution in [3.8, 4) is 0 Å². The van der Waals surface area contributed by atoms with Gasteiger partial charge in [-0.15, -0.1) is 0 Å². The van der Waals surface area contributed by atoms with Crippen molar-refractivity contribution < 1.29 is 17.6 Å². The van der Waals surface area contributed by atoms with Crippen LogP contribution in [0, 0.1) is 12.7 Å². The number of hydrogen-bond donors (Lipinski definition) is 1. The van der Waals surface area contributed by atoms with E-state index in [1.54, 1.807) is 17.9 Å². The predicted molar refractivity (Wildman–Crippen MR) is 66.7 cm³/mol. The Balaban J connectivity index is 2.13. The Kier molecular flexibility index (Phi) is 3.69. The van der Waals surface area contributed by atoms with Gasteiger partial charge in [0.15, 0.2) is 0 Å². The Hall–Kier alpha value is -2.05. The molecule has 1 N–H and O–H groups in total. The molecule has 0 unspecified atom stereocenters. The summed E-state index contributed by atoms with van der Waals surface area (Å²) in [6.07, 6.45) is -2.91. The quantitative estimate of drug-likeness (QED) is 0.876.